The van der Waals surface area contributed by atoms with Crippen LogP contribution in [0.2, 0.25) is 0 Å². The summed E-state index contributed by atoms with van der Waals surface area (Å²) in [5, 5.41) is 11.4. The van der Waals surface area contributed by atoms with Crippen LogP contribution in [0.5, 0.6) is 5.75 Å². The number of nitriles is 1. The lowest BCUT2D eigenvalue weighted by Crippen LogP contribution is -2.09. The third kappa shape index (κ3) is 3.91. The van der Waals surface area contributed by atoms with E-state index >= 15 is 0 Å². The molecule has 0 aliphatic heterocycles. The van der Waals surface area contributed by atoms with E-state index in [1.807, 2.05) is 6.07 Å². The number of carbonyl (C=O) groups is 2. The largest absolute Gasteiger partial charge is 0.423 e. The monoisotopic (exact) mass is 280 g/mol. The van der Waals surface area contributed by atoms with Gasteiger partial charge in [0.25, 0.3) is 0 Å². The first kappa shape index (κ1) is 14.3. The Balaban J connectivity index is 2.15. The minimum absolute atomic E-state index is 0.208. The molecule has 104 valence electrons. The molecule has 0 bridgehead atoms. The standard InChI is InChI=1S/C16H12N2O3/c1-11(19)18-14-6-3-7-15(9-14)21-16(20)13-5-2-4-12(8-13)10-17/h2-9H,1H3,(H,18,19). The van der Waals surface area contributed by atoms with E-state index in [1.165, 1.54) is 13.0 Å². The number of nitrogens with zero attached hydrogens (tertiary/aromatic N) is 1. The molecule has 0 radical (unpaired) electrons. The van der Waals surface area contributed by atoms with Crippen LogP contribution in [0.3, 0.4) is 0 Å². The molecule has 0 saturated heterocycles. The first-order chi connectivity index (χ1) is 10.1. The molecular formula is C16H12N2O3. The van der Waals surface area contributed by atoms with Crippen molar-refractivity contribution in [1.29, 1.82) is 5.26 Å². The number of carbonyl (C=O) groups excluding carboxylic acids is 2. The van der Waals surface area contributed by atoms with Crippen LogP contribution in [0.25, 0.3) is 0 Å². The predicted molar refractivity (Wildman–Crippen MR) is 76.9 cm³/mol. The Bertz CT molecular complexity index is 732. The van der Waals surface area contributed by atoms with E-state index in [4.69, 9.17) is 10.00 Å². The zero-order valence-corrected chi connectivity index (χ0v) is 11.3. The molecule has 0 fully saturated rings. The summed E-state index contributed by atoms with van der Waals surface area (Å²) in [6, 6.07) is 14.7. The number of hydrogen-bond donors (Lipinski definition) is 1. The van der Waals surface area contributed by atoms with Crippen LogP contribution in [0.4, 0.5) is 5.69 Å². The second kappa shape index (κ2) is 6.35. The van der Waals surface area contributed by atoms with E-state index in [9.17, 15) is 9.59 Å². The molecule has 0 atom stereocenters. The quantitative estimate of drug-likeness (QED) is 0.692. The molecule has 0 spiro atoms. The Hall–Kier alpha value is -3.13. The summed E-state index contributed by atoms with van der Waals surface area (Å²) in [5.74, 6) is -0.458. The van der Waals surface area contributed by atoms with Crippen molar-refractivity contribution < 1.29 is 14.3 Å². The number of anilines is 1. The van der Waals surface area contributed by atoms with E-state index < -0.39 is 5.97 Å². The van der Waals surface area contributed by atoms with Crippen molar-refractivity contribution in [3.05, 3.63) is 59.7 Å². The third-order valence-corrected chi connectivity index (χ3v) is 2.59. The normalized spacial score (nSPS) is 9.52. The molecular weight excluding hydrogens is 268 g/mol. The number of hydrogen-bond acceptors (Lipinski definition) is 4. The average Bonchev–Trinajstić information content (AvgIpc) is 2.47. The first-order valence-corrected chi connectivity index (χ1v) is 6.18. The molecule has 1 N–H and O–H groups in total. The SMILES string of the molecule is CC(=O)Nc1cccc(OC(=O)c2cccc(C#N)c2)c1. The Morgan fingerprint density at radius 3 is 2.62 bits per heavy atom. The first-order valence-electron chi connectivity index (χ1n) is 6.18. The van der Waals surface area contributed by atoms with Crippen LogP contribution in [0.15, 0.2) is 48.5 Å². The number of rotatable bonds is 3. The molecule has 0 heterocycles. The summed E-state index contributed by atoms with van der Waals surface area (Å²) in [6.07, 6.45) is 0. The highest BCUT2D eigenvalue weighted by molar-refractivity contribution is 5.92. The van der Waals surface area contributed by atoms with Gasteiger partial charge in [-0.1, -0.05) is 12.1 Å². The summed E-state index contributed by atoms with van der Waals surface area (Å²) in [6.45, 7) is 1.39. The number of esters is 1. The van der Waals surface area contributed by atoms with Gasteiger partial charge < -0.3 is 10.1 Å². The molecule has 5 nitrogen and oxygen atoms in total. The second-order valence-corrected chi connectivity index (χ2v) is 4.29. The molecule has 0 aliphatic carbocycles. The van der Waals surface area contributed by atoms with E-state index in [0.29, 0.717) is 22.6 Å². The molecule has 21 heavy (non-hydrogen) atoms. The summed E-state index contributed by atoms with van der Waals surface area (Å²) in [4.78, 5) is 23.0. The molecule has 2 aromatic rings. The summed E-state index contributed by atoms with van der Waals surface area (Å²) in [5.41, 5.74) is 1.22. The zero-order valence-electron chi connectivity index (χ0n) is 11.3. The van der Waals surface area contributed by atoms with Crippen molar-refractivity contribution in [3.8, 4) is 11.8 Å². The van der Waals surface area contributed by atoms with Gasteiger partial charge in [0, 0.05) is 18.7 Å². The third-order valence-electron chi connectivity index (χ3n) is 2.59. The van der Waals surface area contributed by atoms with Gasteiger partial charge in [-0.2, -0.15) is 5.26 Å². The van der Waals surface area contributed by atoms with Crippen molar-refractivity contribution in [2.45, 2.75) is 6.92 Å². The summed E-state index contributed by atoms with van der Waals surface area (Å²) >= 11 is 0. The fourth-order valence-electron chi connectivity index (χ4n) is 1.72. The van der Waals surface area contributed by atoms with Gasteiger partial charge >= 0.3 is 5.97 Å². The van der Waals surface area contributed by atoms with Crippen LogP contribution < -0.4 is 10.1 Å². The number of nitrogens with one attached hydrogen (secondary N) is 1. The van der Waals surface area contributed by atoms with Crippen molar-refractivity contribution in [1.82, 2.24) is 0 Å². The molecule has 5 heteroatoms. The highest BCUT2D eigenvalue weighted by Gasteiger charge is 2.09. The molecule has 2 rings (SSSR count). The lowest BCUT2D eigenvalue weighted by Gasteiger charge is -2.07. The van der Waals surface area contributed by atoms with E-state index in [-0.39, 0.29) is 5.91 Å². The zero-order chi connectivity index (χ0) is 15.2. The average molecular weight is 280 g/mol. The Labute approximate surface area is 121 Å². The lowest BCUT2D eigenvalue weighted by atomic mass is 10.1. The number of benzene rings is 2. The van der Waals surface area contributed by atoms with Crippen molar-refractivity contribution in [2.75, 3.05) is 5.32 Å². The highest BCUT2D eigenvalue weighted by Crippen LogP contribution is 2.19. The van der Waals surface area contributed by atoms with Gasteiger partial charge in [-0.3, -0.25) is 4.79 Å². The Morgan fingerprint density at radius 2 is 1.90 bits per heavy atom. The van der Waals surface area contributed by atoms with E-state index in [1.54, 1.807) is 42.5 Å². The summed E-state index contributed by atoms with van der Waals surface area (Å²) < 4.78 is 5.22. The highest BCUT2D eigenvalue weighted by atomic mass is 16.5. The van der Waals surface area contributed by atoms with Crippen LogP contribution >= 0.6 is 0 Å². The molecule has 2 aromatic carbocycles. The lowest BCUT2D eigenvalue weighted by molar-refractivity contribution is -0.114. The summed E-state index contributed by atoms with van der Waals surface area (Å²) in [7, 11) is 0. The van der Waals surface area contributed by atoms with Crippen molar-refractivity contribution in [2.24, 2.45) is 0 Å². The van der Waals surface area contributed by atoms with Gasteiger partial charge in [0.05, 0.1) is 17.2 Å². The van der Waals surface area contributed by atoms with Gasteiger partial charge in [0.15, 0.2) is 0 Å². The second-order valence-electron chi connectivity index (χ2n) is 4.29. The molecule has 0 aliphatic rings. The number of ether oxygens (including phenoxy) is 1. The predicted octanol–water partition coefficient (Wildman–Crippen LogP) is 2.74. The Morgan fingerprint density at radius 1 is 1.14 bits per heavy atom. The molecule has 1 amide bonds. The fourth-order valence-corrected chi connectivity index (χ4v) is 1.72. The van der Waals surface area contributed by atoms with Gasteiger partial charge in [-0.15, -0.1) is 0 Å². The van der Waals surface area contributed by atoms with Crippen LogP contribution in [0, 0.1) is 11.3 Å². The molecule has 0 saturated carbocycles. The van der Waals surface area contributed by atoms with Crippen LogP contribution in [0.1, 0.15) is 22.8 Å². The van der Waals surface area contributed by atoms with Gasteiger partial charge in [-0.25, -0.2) is 4.79 Å². The van der Waals surface area contributed by atoms with Gasteiger partial charge in [0.1, 0.15) is 5.75 Å². The van der Waals surface area contributed by atoms with Crippen LogP contribution in [-0.2, 0) is 4.79 Å². The van der Waals surface area contributed by atoms with Crippen LogP contribution in [-0.4, -0.2) is 11.9 Å². The fraction of sp³-hybridized carbons (Fsp3) is 0.0625. The molecule has 0 unspecified atom stereocenters. The number of amides is 1. The molecule has 0 aromatic heterocycles. The van der Waals surface area contributed by atoms with E-state index in [0.717, 1.165) is 0 Å². The van der Waals surface area contributed by atoms with E-state index in [2.05, 4.69) is 5.32 Å². The van der Waals surface area contributed by atoms with Gasteiger partial charge in [0.2, 0.25) is 5.91 Å². The Kier molecular flexibility index (Phi) is 4.32. The maximum Gasteiger partial charge on any atom is 0.343 e. The maximum absolute atomic E-state index is 12.0. The topological polar surface area (TPSA) is 79.2 Å². The van der Waals surface area contributed by atoms with Crippen molar-refractivity contribution >= 4 is 17.6 Å². The smallest absolute Gasteiger partial charge is 0.343 e. The minimum atomic E-state index is -0.563. The maximum atomic E-state index is 12.0. The van der Waals surface area contributed by atoms with Crippen molar-refractivity contribution in [3.63, 3.8) is 0 Å². The minimum Gasteiger partial charge on any atom is -0.423 e. The van der Waals surface area contributed by atoms with Gasteiger partial charge in [-0.05, 0) is 30.3 Å².